The molecule has 6 heteroatoms. The van der Waals surface area contributed by atoms with E-state index in [1.54, 1.807) is 7.11 Å². The van der Waals surface area contributed by atoms with Gasteiger partial charge in [-0.2, -0.15) is 0 Å². The molecule has 0 amide bonds. The van der Waals surface area contributed by atoms with Crippen LogP contribution in [0.2, 0.25) is 0 Å². The molecule has 0 spiro atoms. The first-order valence-electron chi connectivity index (χ1n) is 5.31. The van der Waals surface area contributed by atoms with Gasteiger partial charge in [-0.05, 0) is 27.2 Å². The SMILES string of the molecule is COC1(CS(=O)(=O)Cl)CCN(C(C)(C)C)C1. The van der Waals surface area contributed by atoms with E-state index in [1.807, 2.05) is 0 Å². The van der Waals surface area contributed by atoms with Gasteiger partial charge in [0.2, 0.25) is 9.05 Å². The fraction of sp³-hybridized carbons (Fsp3) is 1.00. The van der Waals surface area contributed by atoms with E-state index in [2.05, 4.69) is 25.7 Å². The molecule has 0 aliphatic carbocycles. The monoisotopic (exact) mass is 269 g/mol. The van der Waals surface area contributed by atoms with Crippen molar-refractivity contribution in [2.45, 2.75) is 38.3 Å². The van der Waals surface area contributed by atoms with E-state index in [-0.39, 0.29) is 11.3 Å². The van der Waals surface area contributed by atoms with Crippen LogP contribution in [0.1, 0.15) is 27.2 Å². The van der Waals surface area contributed by atoms with E-state index in [4.69, 9.17) is 15.4 Å². The van der Waals surface area contributed by atoms with Crippen molar-refractivity contribution in [1.82, 2.24) is 4.90 Å². The molecule has 4 nitrogen and oxygen atoms in total. The highest BCUT2D eigenvalue weighted by atomic mass is 35.7. The predicted molar refractivity (Wildman–Crippen MR) is 65.3 cm³/mol. The van der Waals surface area contributed by atoms with Gasteiger partial charge in [-0.1, -0.05) is 0 Å². The molecule has 96 valence electrons. The van der Waals surface area contributed by atoms with Crippen LogP contribution >= 0.6 is 10.7 Å². The Morgan fingerprint density at radius 1 is 1.44 bits per heavy atom. The summed E-state index contributed by atoms with van der Waals surface area (Å²) in [4.78, 5) is 2.22. The molecule has 0 saturated carbocycles. The zero-order valence-electron chi connectivity index (χ0n) is 10.3. The van der Waals surface area contributed by atoms with E-state index in [0.717, 1.165) is 6.54 Å². The molecule has 0 bridgehead atoms. The summed E-state index contributed by atoms with van der Waals surface area (Å²) in [6.07, 6.45) is 0.701. The summed E-state index contributed by atoms with van der Waals surface area (Å²) in [5.41, 5.74) is -0.621. The van der Waals surface area contributed by atoms with E-state index >= 15 is 0 Å². The van der Waals surface area contributed by atoms with Crippen molar-refractivity contribution in [2.24, 2.45) is 0 Å². The van der Waals surface area contributed by atoms with Gasteiger partial charge in [0.15, 0.2) is 0 Å². The third kappa shape index (κ3) is 3.58. The molecule has 1 aliphatic heterocycles. The molecule has 0 aromatic rings. The number of methoxy groups -OCH3 is 1. The van der Waals surface area contributed by atoms with Crippen molar-refractivity contribution < 1.29 is 13.2 Å². The first-order valence-corrected chi connectivity index (χ1v) is 7.78. The summed E-state index contributed by atoms with van der Waals surface area (Å²) in [6, 6.07) is 0. The lowest BCUT2D eigenvalue weighted by molar-refractivity contribution is 0.00909. The topological polar surface area (TPSA) is 46.6 Å². The summed E-state index contributed by atoms with van der Waals surface area (Å²) in [5, 5.41) is 0. The number of nitrogens with zero attached hydrogens (tertiary/aromatic N) is 1. The van der Waals surface area contributed by atoms with Crippen molar-refractivity contribution in [3.05, 3.63) is 0 Å². The highest BCUT2D eigenvalue weighted by molar-refractivity contribution is 8.13. The highest BCUT2D eigenvalue weighted by Gasteiger charge is 2.44. The third-order valence-electron chi connectivity index (χ3n) is 3.13. The Kier molecular flexibility index (Phi) is 3.95. The maximum atomic E-state index is 11.2. The number of ether oxygens (including phenoxy) is 1. The van der Waals surface area contributed by atoms with Crippen LogP contribution in [-0.4, -0.2) is 50.4 Å². The maximum Gasteiger partial charge on any atom is 0.235 e. The molecule has 1 atom stereocenters. The second kappa shape index (κ2) is 4.44. The van der Waals surface area contributed by atoms with Crippen molar-refractivity contribution >= 4 is 19.7 Å². The smallest absolute Gasteiger partial charge is 0.235 e. The minimum Gasteiger partial charge on any atom is -0.376 e. The summed E-state index contributed by atoms with van der Waals surface area (Å²) >= 11 is 0. The van der Waals surface area contributed by atoms with Gasteiger partial charge in [0.25, 0.3) is 0 Å². The molecule has 1 saturated heterocycles. The van der Waals surface area contributed by atoms with Crippen LogP contribution in [0.25, 0.3) is 0 Å². The quantitative estimate of drug-likeness (QED) is 0.728. The molecular formula is C10H20ClNO3S. The lowest BCUT2D eigenvalue weighted by atomic mass is 10.1. The van der Waals surface area contributed by atoms with Crippen molar-refractivity contribution in [2.75, 3.05) is 26.0 Å². The van der Waals surface area contributed by atoms with Gasteiger partial charge in [-0.25, -0.2) is 8.42 Å². The Bertz CT molecular complexity index is 350. The number of likely N-dealkylation sites (tertiary alicyclic amines) is 1. The molecule has 0 N–H and O–H groups in total. The normalized spacial score (nSPS) is 28.6. The first-order chi connectivity index (χ1) is 7.08. The van der Waals surface area contributed by atoms with Gasteiger partial charge >= 0.3 is 0 Å². The maximum absolute atomic E-state index is 11.2. The number of hydrogen-bond acceptors (Lipinski definition) is 4. The zero-order valence-corrected chi connectivity index (χ0v) is 11.9. The minimum absolute atomic E-state index is 0.0242. The van der Waals surface area contributed by atoms with Crippen molar-refractivity contribution in [1.29, 1.82) is 0 Å². The molecule has 1 rings (SSSR count). The third-order valence-corrected chi connectivity index (χ3v) is 4.33. The molecular weight excluding hydrogens is 250 g/mol. The van der Waals surface area contributed by atoms with Gasteiger partial charge in [-0.3, -0.25) is 4.90 Å². The van der Waals surface area contributed by atoms with Gasteiger partial charge in [0, 0.05) is 36.4 Å². The Balaban J connectivity index is 2.80. The molecule has 0 aromatic heterocycles. The minimum atomic E-state index is -3.53. The molecule has 1 unspecified atom stereocenters. The van der Waals surface area contributed by atoms with Gasteiger partial charge in [-0.15, -0.1) is 0 Å². The van der Waals surface area contributed by atoms with Crippen LogP contribution in [0.5, 0.6) is 0 Å². The van der Waals surface area contributed by atoms with Crippen LogP contribution in [0, 0.1) is 0 Å². The second-order valence-electron chi connectivity index (χ2n) is 5.41. The molecule has 0 aromatic carbocycles. The van der Waals surface area contributed by atoms with E-state index in [1.165, 1.54) is 0 Å². The van der Waals surface area contributed by atoms with E-state index < -0.39 is 14.7 Å². The fourth-order valence-corrected chi connectivity index (χ4v) is 3.65. The van der Waals surface area contributed by atoms with Crippen molar-refractivity contribution in [3.63, 3.8) is 0 Å². The van der Waals surface area contributed by atoms with Gasteiger partial charge in [0.1, 0.15) is 0 Å². The van der Waals surface area contributed by atoms with Gasteiger partial charge < -0.3 is 4.74 Å². The lowest BCUT2D eigenvalue weighted by Gasteiger charge is -2.34. The molecule has 1 heterocycles. The van der Waals surface area contributed by atoms with Crippen LogP contribution in [0.4, 0.5) is 0 Å². The average Bonchev–Trinajstić information content (AvgIpc) is 2.45. The summed E-state index contributed by atoms with van der Waals surface area (Å²) in [6.45, 7) is 7.76. The number of halogens is 1. The Labute approximate surface area is 102 Å². The van der Waals surface area contributed by atoms with Crippen LogP contribution in [0.3, 0.4) is 0 Å². The lowest BCUT2D eigenvalue weighted by Crippen LogP contribution is -2.46. The molecule has 1 fully saturated rings. The zero-order chi connectivity index (χ0) is 12.6. The first kappa shape index (κ1) is 14.2. The second-order valence-corrected chi connectivity index (χ2v) is 8.19. The Morgan fingerprint density at radius 2 is 2.00 bits per heavy atom. The Morgan fingerprint density at radius 3 is 2.31 bits per heavy atom. The van der Waals surface area contributed by atoms with Crippen LogP contribution in [-0.2, 0) is 13.8 Å². The average molecular weight is 270 g/mol. The number of rotatable bonds is 3. The summed E-state index contributed by atoms with van der Waals surface area (Å²) in [5.74, 6) is -0.120. The molecule has 0 radical (unpaired) electrons. The van der Waals surface area contributed by atoms with Crippen LogP contribution < -0.4 is 0 Å². The predicted octanol–water partition coefficient (Wildman–Crippen LogP) is 1.44. The highest BCUT2D eigenvalue weighted by Crippen LogP contribution is 2.31. The largest absolute Gasteiger partial charge is 0.376 e. The summed E-state index contributed by atoms with van der Waals surface area (Å²) in [7, 11) is 3.34. The Hall–Kier alpha value is 0.160. The van der Waals surface area contributed by atoms with Crippen LogP contribution in [0.15, 0.2) is 0 Å². The van der Waals surface area contributed by atoms with Gasteiger partial charge in [0.05, 0.1) is 11.4 Å². The molecule has 1 aliphatic rings. The van der Waals surface area contributed by atoms with Crippen molar-refractivity contribution in [3.8, 4) is 0 Å². The van der Waals surface area contributed by atoms with E-state index in [0.29, 0.717) is 13.0 Å². The number of hydrogen-bond donors (Lipinski definition) is 0. The van der Waals surface area contributed by atoms with E-state index in [9.17, 15) is 8.42 Å². The standard InChI is InChI=1S/C10H20ClNO3S/c1-9(2,3)12-6-5-10(7-12,15-4)8-16(11,13)14/h5-8H2,1-4H3. The fourth-order valence-electron chi connectivity index (χ4n) is 2.07. The summed E-state index contributed by atoms with van der Waals surface area (Å²) < 4.78 is 27.7. The molecule has 16 heavy (non-hydrogen) atoms.